The van der Waals surface area contributed by atoms with Crippen LogP contribution in [0.15, 0.2) is 23.0 Å². The van der Waals surface area contributed by atoms with E-state index in [0.29, 0.717) is 16.9 Å². The number of ether oxygens (including phenoxy) is 1. The minimum absolute atomic E-state index is 0.150. The van der Waals surface area contributed by atoms with Crippen LogP contribution in [0.2, 0.25) is 0 Å². The molecule has 0 aromatic heterocycles. The Kier molecular flexibility index (Phi) is 2.60. The highest BCUT2D eigenvalue weighted by molar-refractivity contribution is 6.09. The molecule has 3 nitrogen and oxygen atoms in total. The molecule has 0 aromatic rings. The number of aldehydes is 1. The summed E-state index contributed by atoms with van der Waals surface area (Å²) in [5.74, 6) is 0.387. The number of hydrogen-bond donors (Lipinski definition) is 0. The number of rotatable bonds is 2. The van der Waals surface area contributed by atoms with Gasteiger partial charge in [0, 0.05) is 17.2 Å². The highest BCUT2D eigenvalue weighted by Crippen LogP contribution is 2.39. The van der Waals surface area contributed by atoms with Crippen molar-refractivity contribution in [3.05, 3.63) is 23.0 Å². The molecule has 0 radical (unpaired) electrons. The normalized spacial score (nSPS) is 20.6. The second kappa shape index (κ2) is 3.40. The fourth-order valence-corrected chi connectivity index (χ4v) is 1.69. The first kappa shape index (κ1) is 10.7. The molecular weight excluding hydrogens is 180 g/mol. The third kappa shape index (κ3) is 1.39. The monoisotopic (exact) mass is 194 g/mol. The number of carbonyl (C=O) groups excluding carboxylic acids is 2. The summed E-state index contributed by atoms with van der Waals surface area (Å²) in [7, 11) is 1.50. The third-order valence-corrected chi connectivity index (χ3v) is 2.66. The summed E-state index contributed by atoms with van der Waals surface area (Å²) in [6.07, 6.45) is 2.18. The maximum Gasteiger partial charge on any atom is 0.185 e. The Morgan fingerprint density at radius 3 is 2.43 bits per heavy atom. The van der Waals surface area contributed by atoms with Crippen LogP contribution in [0.3, 0.4) is 0 Å². The second-order valence-corrected chi connectivity index (χ2v) is 3.86. The van der Waals surface area contributed by atoms with Gasteiger partial charge in [0.15, 0.2) is 5.78 Å². The van der Waals surface area contributed by atoms with E-state index in [2.05, 4.69) is 0 Å². The number of carbonyl (C=O) groups is 2. The van der Waals surface area contributed by atoms with Crippen LogP contribution in [0.1, 0.15) is 20.8 Å². The molecule has 0 heterocycles. The van der Waals surface area contributed by atoms with Gasteiger partial charge in [-0.2, -0.15) is 0 Å². The van der Waals surface area contributed by atoms with Crippen LogP contribution in [0.25, 0.3) is 0 Å². The van der Waals surface area contributed by atoms with Crippen molar-refractivity contribution in [2.24, 2.45) is 5.41 Å². The van der Waals surface area contributed by atoms with Crippen LogP contribution < -0.4 is 0 Å². The molecule has 0 aliphatic heterocycles. The van der Waals surface area contributed by atoms with Crippen LogP contribution in [0.5, 0.6) is 0 Å². The lowest BCUT2D eigenvalue weighted by Gasteiger charge is -2.31. The van der Waals surface area contributed by atoms with Crippen molar-refractivity contribution >= 4 is 12.1 Å². The number of ketones is 1. The van der Waals surface area contributed by atoms with Crippen molar-refractivity contribution in [1.82, 2.24) is 0 Å². The zero-order valence-electron chi connectivity index (χ0n) is 8.88. The zero-order valence-corrected chi connectivity index (χ0v) is 8.88. The Hall–Kier alpha value is -1.38. The molecule has 1 rings (SSSR count). The van der Waals surface area contributed by atoms with E-state index in [9.17, 15) is 9.59 Å². The Balaban J connectivity index is 3.32. The van der Waals surface area contributed by atoms with Gasteiger partial charge in [0.2, 0.25) is 0 Å². The lowest BCUT2D eigenvalue weighted by Crippen LogP contribution is -2.27. The van der Waals surface area contributed by atoms with Crippen molar-refractivity contribution in [2.75, 3.05) is 7.11 Å². The van der Waals surface area contributed by atoms with E-state index in [1.165, 1.54) is 13.2 Å². The molecule has 0 fully saturated rings. The fraction of sp³-hybridized carbons (Fsp3) is 0.455. The summed E-state index contributed by atoms with van der Waals surface area (Å²) in [5.41, 5.74) is 0.502. The molecule has 1 aliphatic rings. The highest BCUT2D eigenvalue weighted by Gasteiger charge is 2.35. The Bertz CT molecular complexity index is 346. The van der Waals surface area contributed by atoms with Crippen LogP contribution in [0, 0.1) is 5.41 Å². The first-order chi connectivity index (χ1) is 6.45. The molecule has 0 aromatic carbocycles. The van der Waals surface area contributed by atoms with Gasteiger partial charge in [-0.1, -0.05) is 0 Å². The largest absolute Gasteiger partial charge is 0.500 e. The quantitative estimate of drug-likeness (QED) is 0.628. The first-order valence-electron chi connectivity index (χ1n) is 4.42. The Morgan fingerprint density at radius 1 is 1.43 bits per heavy atom. The van der Waals surface area contributed by atoms with Crippen LogP contribution in [0.4, 0.5) is 0 Å². The van der Waals surface area contributed by atoms with Gasteiger partial charge in [0.25, 0.3) is 0 Å². The van der Waals surface area contributed by atoms with Crippen molar-refractivity contribution < 1.29 is 14.3 Å². The summed E-state index contributed by atoms with van der Waals surface area (Å²) >= 11 is 0. The van der Waals surface area contributed by atoms with Gasteiger partial charge in [0.05, 0.1) is 12.5 Å². The van der Waals surface area contributed by atoms with E-state index >= 15 is 0 Å². The summed E-state index contributed by atoms with van der Waals surface area (Å²) in [5, 5.41) is 0. The predicted molar refractivity (Wildman–Crippen MR) is 52.6 cm³/mol. The Morgan fingerprint density at radius 2 is 2.00 bits per heavy atom. The lowest BCUT2D eigenvalue weighted by atomic mass is 9.76. The van der Waals surface area contributed by atoms with Gasteiger partial charge in [-0.25, -0.2) is 0 Å². The molecule has 0 saturated heterocycles. The van der Waals surface area contributed by atoms with Gasteiger partial charge in [-0.3, -0.25) is 9.59 Å². The van der Waals surface area contributed by atoms with Gasteiger partial charge in [-0.05, 0) is 20.8 Å². The lowest BCUT2D eigenvalue weighted by molar-refractivity contribution is -0.113. The summed E-state index contributed by atoms with van der Waals surface area (Å²) in [6, 6.07) is 0. The average Bonchev–Trinajstić information content (AvgIpc) is 2.12. The number of allylic oxidation sites excluding steroid dienone is 3. The maximum absolute atomic E-state index is 11.4. The van der Waals surface area contributed by atoms with E-state index in [-0.39, 0.29) is 5.78 Å². The molecule has 0 saturated carbocycles. The minimum Gasteiger partial charge on any atom is -0.500 e. The molecule has 14 heavy (non-hydrogen) atoms. The standard InChI is InChI=1S/C11H14O3/c1-7-8(6-12)11(2,3)10(14-4)5-9(7)13/h5-6H,1-4H3. The number of methoxy groups -OCH3 is 1. The first-order valence-corrected chi connectivity index (χ1v) is 4.42. The molecular formula is C11H14O3. The van der Waals surface area contributed by atoms with E-state index < -0.39 is 5.41 Å². The summed E-state index contributed by atoms with van der Waals surface area (Å²) < 4.78 is 5.10. The smallest absolute Gasteiger partial charge is 0.185 e. The Labute approximate surface area is 83.4 Å². The van der Waals surface area contributed by atoms with Gasteiger partial charge in [0.1, 0.15) is 12.0 Å². The SMILES string of the molecule is COC1=CC(=O)C(C)=C(C=O)C1(C)C. The average molecular weight is 194 g/mol. The van der Waals surface area contributed by atoms with Crippen molar-refractivity contribution in [3.63, 3.8) is 0 Å². The van der Waals surface area contributed by atoms with E-state index in [0.717, 1.165) is 6.29 Å². The molecule has 1 aliphatic carbocycles. The molecule has 0 unspecified atom stereocenters. The topological polar surface area (TPSA) is 43.4 Å². The molecule has 0 amide bonds. The van der Waals surface area contributed by atoms with Crippen LogP contribution >= 0.6 is 0 Å². The fourth-order valence-electron chi connectivity index (χ4n) is 1.69. The minimum atomic E-state index is -0.505. The number of hydrogen-bond acceptors (Lipinski definition) is 3. The predicted octanol–water partition coefficient (Wildman–Crippen LogP) is 1.64. The molecule has 76 valence electrons. The van der Waals surface area contributed by atoms with Crippen LogP contribution in [-0.4, -0.2) is 19.2 Å². The molecule has 0 bridgehead atoms. The van der Waals surface area contributed by atoms with Gasteiger partial charge >= 0.3 is 0 Å². The molecule has 0 atom stereocenters. The van der Waals surface area contributed by atoms with E-state index in [1.807, 2.05) is 13.8 Å². The molecule has 3 heteroatoms. The van der Waals surface area contributed by atoms with Crippen molar-refractivity contribution in [2.45, 2.75) is 20.8 Å². The third-order valence-electron chi connectivity index (χ3n) is 2.66. The molecule has 0 spiro atoms. The van der Waals surface area contributed by atoms with Crippen molar-refractivity contribution in [3.8, 4) is 0 Å². The highest BCUT2D eigenvalue weighted by atomic mass is 16.5. The van der Waals surface area contributed by atoms with Gasteiger partial charge in [-0.15, -0.1) is 0 Å². The van der Waals surface area contributed by atoms with Crippen molar-refractivity contribution in [1.29, 1.82) is 0 Å². The van der Waals surface area contributed by atoms with Crippen LogP contribution in [-0.2, 0) is 14.3 Å². The summed E-state index contributed by atoms with van der Waals surface area (Å²) in [6.45, 7) is 5.39. The summed E-state index contributed by atoms with van der Waals surface area (Å²) in [4.78, 5) is 22.3. The van der Waals surface area contributed by atoms with E-state index in [4.69, 9.17) is 4.74 Å². The maximum atomic E-state index is 11.4. The second-order valence-electron chi connectivity index (χ2n) is 3.86. The zero-order chi connectivity index (χ0) is 10.9. The van der Waals surface area contributed by atoms with Gasteiger partial charge < -0.3 is 4.74 Å². The molecule has 0 N–H and O–H groups in total. The van der Waals surface area contributed by atoms with E-state index in [1.54, 1.807) is 6.92 Å².